The van der Waals surface area contributed by atoms with E-state index in [-0.39, 0.29) is 0 Å². The predicted octanol–water partition coefficient (Wildman–Crippen LogP) is 2.58. The molecule has 2 bridgehead atoms. The predicted molar refractivity (Wildman–Crippen MR) is 83.4 cm³/mol. The zero-order valence-corrected chi connectivity index (χ0v) is 13.1. The summed E-state index contributed by atoms with van der Waals surface area (Å²) >= 11 is 3.54. The molecular formula is C15H22BrN3. The lowest BCUT2D eigenvalue weighted by molar-refractivity contribution is 0.254. The van der Waals surface area contributed by atoms with Crippen molar-refractivity contribution >= 4 is 21.6 Å². The van der Waals surface area contributed by atoms with Crippen molar-refractivity contribution in [1.82, 2.24) is 4.90 Å². The number of rotatable bonds is 2. The summed E-state index contributed by atoms with van der Waals surface area (Å²) in [7, 11) is 2.29. The summed E-state index contributed by atoms with van der Waals surface area (Å²) in [6.45, 7) is 2.90. The summed E-state index contributed by atoms with van der Waals surface area (Å²) in [5.41, 5.74) is 8.48. The first kappa shape index (κ1) is 13.4. The van der Waals surface area contributed by atoms with Gasteiger partial charge in [-0.15, -0.1) is 0 Å². The molecule has 0 saturated carbocycles. The molecular weight excluding hydrogens is 302 g/mol. The first-order valence-electron chi connectivity index (χ1n) is 7.14. The van der Waals surface area contributed by atoms with Crippen molar-refractivity contribution in [3.05, 3.63) is 28.2 Å². The molecule has 2 unspecified atom stereocenters. The van der Waals surface area contributed by atoms with Gasteiger partial charge < -0.3 is 10.6 Å². The van der Waals surface area contributed by atoms with Crippen molar-refractivity contribution in [3.8, 4) is 0 Å². The van der Waals surface area contributed by atoms with Crippen molar-refractivity contribution in [2.24, 2.45) is 5.73 Å². The van der Waals surface area contributed by atoms with Crippen molar-refractivity contribution < 1.29 is 0 Å². The van der Waals surface area contributed by atoms with Gasteiger partial charge in [0.05, 0.1) is 0 Å². The lowest BCUT2D eigenvalue weighted by Gasteiger charge is -2.29. The first-order valence-corrected chi connectivity index (χ1v) is 7.93. The number of likely N-dealkylation sites (N-methyl/N-ethyl adjacent to an activating group) is 1. The van der Waals surface area contributed by atoms with Crippen LogP contribution in [0.4, 0.5) is 5.69 Å². The maximum atomic E-state index is 5.91. The second kappa shape index (κ2) is 5.43. The Morgan fingerprint density at radius 3 is 2.84 bits per heavy atom. The molecule has 104 valence electrons. The van der Waals surface area contributed by atoms with Crippen LogP contribution in [0, 0.1) is 0 Å². The Morgan fingerprint density at radius 1 is 1.26 bits per heavy atom. The van der Waals surface area contributed by atoms with Crippen molar-refractivity contribution in [2.75, 3.05) is 25.0 Å². The Balaban J connectivity index is 1.86. The van der Waals surface area contributed by atoms with E-state index < -0.39 is 0 Å². The fourth-order valence-corrected chi connectivity index (χ4v) is 3.96. The number of anilines is 1. The third-order valence-corrected chi connectivity index (χ3v) is 5.24. The van der Waals surface area contributed by atoms with Gasteiger partial charge in [0, 0.05) is 41.9 Å². The summed E-state index contributed by atoms with van der Waals surface area (Å²) in [5.74, 6) is 0. The summed E-state index contributed by atoms with van der Waals surface area (Å²) in [6, 6.07) is 7.99. The molecule has 0 aromatic heterocycles. The van der Waals surface area contributed by atoms with Crippen LogP contribution >= 0.6 is 15.9 Å². The summed E-state index contributed by atoms with van der Waals surface area (Å²) in [6.07, 6.45) is 3.98. The maximum absolute atomic E-state index is 5.91. The van der Waals surface area contributed by atoms with Crippen molar-refractivity contribution in [1.29, 1.82) is 0 Å². The van der Waals surface area contributed by atoms with E-state index in [1.807, 2.05) is 0 Å². The van der Waals surface area contributed by atoms with E-state index in [4.69, 9.17) is 5.73 Å². The Morgan fingerprint density at radius 2 is 2.05 bits per heavy atom. The largest absolute Gasteiger partial charge is 0.370 e. The molecule has 4 heteroatoms. The molecule has 19 heavy (non-hydrogen) atoms. The molecule has 0 amide bonds. The number of fused-ring (bicyclic) bond motifs is 2. The SMILES string of the molecule is CN1C2CCC1CN(c1ccc(Br)cc1CN)CC2. The van der Waals surface area contributed by atoms with Gasteiger partial charge >= 0.3 is 0 Å². The minimum Gasteiger partial charge on any atom is -0.370 e. The number of hydrogen-bond acceptors (Lipinski definition) is 3. The van der Waals surface area contributed by atoms with Crippen LogP contribution in [0.2, 0.25) is 0 Å². The molecule has 2 fully saturated rings. The average Bonchev–Trinajstić information content (AvgIpc) is 2.64. The summed E-state index contributed by atoms with van der Waals surface area (Å²) in [4.78, 5) is 5.12. The highest BCUT2D eigenvalue weighted by Crippen LogP contribution is 2.32. The van der Waals surface area contributed by atoms with Gasteiger partial charge in [0.25, 0.3) is 0 Å². The van der Waals surface area contributed by atoms with Crippen LogP contribution in [-0.2, 0) is 6.54 Å². The molecule has 2 heterocycles. The smallest absolute Gasteiger partial charge is 0.0413 e. The van der Waals surface area contributed by atoms with E-state index >= 15 is 0 Å². The van der Waals surface area contributed by atoms with Crippen LogP contribution < -0.4 is 10.6 Å². The van der Waals surface area contributed by atoms with E-state index in [1.165, 1.54) is 30.5 Å². The molecule has 3 rings (SSSR count). The topological polar surface area (TPSA) is 32.5 Å². The fourth-order valence-electron chi connectivity index (χ4n) is 3.55. The van der Waals surface area contributed by atoms with E-state index in [0.29, 0.717) is 12.6 Å². The highest BCUT2D eigenvalue weighted by Gasteiger charge is 2.34. The minimum atomic E-state index is 0.606. The molecule has 0 radical (unpaired) electrons. The van der Waals surface area contributed by atoms with Gasteiger partial charge in [0.2, 0.25) is 0 Å². The molecule has 2 atom stereocenters. The maximum Gasteiger partial charge on any atom is 0.0413 e. The Kier molecular flexibility index (Phi) is 3.83. The number of hydrogen-bond donors (Lipinski definition) is 1. The van der Waals surface area contributed by atoms with Crippen LogP contribution in [0.3, 0.4) is 0 Å². The van der Waals surface area contributed by atoms with Crippen LogP contribution in [-0.4, -0.2) is 37.1 Å². The van der Waals surface area contributed by atoms with Gasteiger partial charge in [-0.1, -0.05) is 15.9 Å². The van der Waals surface area contributed by atoms with Gasteiger partial charge in [-0.05, 0) is 50.1 Å². The lowest BCUT2D eigenvalue weighted by Crippen LogP contribution is -2.37. The van der Waals surface area contributed by atoms with Gasteiger partial charge in [-0.2, -0.15) is 0 Å². The molecule has 2 aliphatic heterocycles. The summed E-state index contributed by atoms with van der Waals surface area (Å²) in [5, 5.41) is 0. The first-order chi connectivity index (χ1) is 9.19. The molecule has 1 aromatic carbocycles. The van der Waals surface area contributed by atoms with Crippen LogP contribution in [0.15, 0.2) is 22.7 Å². The highest BCUT2D eigenvalue weighted by atomic mass is 79.9. The van der Waals surface area contributed by atoms with E-state index in [9.17, 15) is 0 Å². The third kappa shape index (κ3) is 2.54. The normalized spacial score (nSPS) is 27.6. The van der Waals surface area contributed by atoms with E-state index in [0.717, 1.165) is 23.6 Å². The second-order valence-electron chi connectivity index (χ2n) is 5.76. The lowest BCUT2D eigenvalue weighted by atomic mass is 10.1. The standard InChI is InChI=1S/C15H22BrN3/c1-18-13-3-4-14(18)10-19(7-6-13)15-5-2-12(16)8-11(15)9-17/h2,5,8,13-14H,3-4,6-7,9-10,17H2,1H3. The van der Waals surface area contributed by atoms with Crippen LogP contribution in [0.1, 0.15) is 24.8 Å². The summed E-state index contributed by atoms with van der Waals surface area (Å²) < 4.78 is 1.12. The zero-order chi connectivity index (χ0) is 13.4. The molecule has 0 aliphatic carbocycles. The molecule has 0 spiro atoms. The minimum absolute atomic E-state index is 0.606. The van der Waals surface area contributed by atoms with Crippen molar-refractivity contribution in [3.63, 3.8) is 0 Å². The van der Waals surface area contributed by atoms with Gasteiger partial charge in [-0.3, -0.25) is 4.90 Å². The molecule has 2 aliphatic rings. The Labute approximate surface area is 123 Å². The Hall–Kier alpha value is -0.580. The number of benzene rings is 1. The van der Waals surface area contributed by atoms with Crippen LogP contribution in [0.25, 0.3) is 0 Å². The monoisotopic (exact) mass is 323 g/mol. The number of halogens is 1. The average molecular weight is 324 g/mol. The van der Waals surface area contributed by atoms with Gasteiger partial charge in [-0.25, -0.2) is 0 Å². The highest BCUT2D eigenvalue weighted by molar-refractivity contribution is 9.10. The molecule has 2 N–H and O–H groups in total. The fraction of sp³-hybridized carbons (Fsp3) is 0.600. The Bertz CT molecular complexity index is 463. The molecule has 3 nitrogen and oxygen atoms in total. The zero-order valence-electron chi connectivity index (χ0n) is 11.5. The van der Waals surface area contributed by atoms with E-state index in [1.54, 1.807) is 0 Å². The van der Waals surface area contributed by atoms with Crippen molar-refractivity contribution in [2.45, 2.75) is 37.9 Å². The third-order valence-electron chi connectivity index (χ3n) is 4.75. The number of nitrogens with zero attached hydrogens (tertiary/aromatic N) is 2. The van der Waals surface area contributed by atoms with Crippen LogP contribution in [0.5, 0.6) is 0 Å². The van der Waals surface area contributed by atoms with Gasteiger partial charge in [0.1, 0.15) is 0 Å². The van der Waals surface area contributed by atoms with E-state index in [2.05, 4.69) is 51.0 Å². The molecule has 2 saturated heterocycles. The number of nitrogens with two attached hydrogens (primary N) is 1. The quantitative estimate of drug-likeness (QED) is 0.908. The molecule has 1 aromatic rings. The second-order valence-corrected chi connectivity index (χ2v) is 6.68. The van der Waals surface area contributed by atoms with Gasteiger partial charge in [0.15, 0.2) is 0 Å².